The predicted molar refractivity (Wildman–Crippen MR) is 98.9 cm³/mol. The fourth-order valence-electron chi connectivity index (χ4n) is 2.58. The standard InChI is InChI=1S/C18H19N3O4S/c1-4-25-18(24)14-16(22)15(10(2)3)20-21(17(14)23)9-13-19-11-7-5-6-8-12(11)26-13/h5-8,10,22H,4,9H2,1-3H3. The predicted octanol–water partition coefficient (Wildman–Crippen LogP) is 2.91. The first-order chi connectivity index (χ1) is 12.4. The summed E-state index contributed by atoms with van der Waals surface area (Å²) < 4.78 is 7.09. The van der Waals surface area contributed by atoms with Crippen LogP contribution in [-0.2, 0) is 11.3 Å². The van der Waals surface area contributed by atoms with E-state index in [1.807, 2.05) is 38.1 Å². The van der Waals surface area contributed by atoms with Gasteiger partial charge in [-0.2, -0.15) is 5.10 Å². The minimum Gasteiger partial charge on any atom is -0.505 e. The van der Waals surface area contributed by atoms with Crippen molar-refractivity contribution in [1.29, 1.82) is 0 Å². The molecule has 0 spiro atoms. The lowest BCUT2D eigenvalue weighted by Gasteiger charge is -2.13. The Balaban J connectivity index is 2.10. The second-order valence-corrected chi connectivity index (χ2v) is 7.14. The number of carbonyl (C=O) groups excluding carboxylic acids is 1. The van der Waals surface area contributed by atoms with Gasteiger partial charge in [0.25, 0.3) is 5.56 Å². The molecule has 0 saturated carbocycles. The number of fused-ring (bicyclic) bond motifs is 1. The van der Waals surface area contributed by atoms with Gasteiger partial charge in [0.1, 0.15) is 10.7 Å². The van der Waals surface area contributed by atoms with Gasteiger partial charge >= 0.3 is 5.97 Å². The Labute approximate surface area is 153 Å². The molecule has 0 bridgehead atoms. The Hall–Kier alpha value is -2.74. The zero-order chi connectivity index (χ0) is 18.8. The number of rotatable bonds is 5. The molecular weight excluding hydrogens is 354 g/mol. The quantitative estimate of drug-likeness (QED) is 0.691. The molecule has 26 heavy (non-hydrogen) atoms. The van der Waals surface area contributed by atoms with Crippen LogP contribution in [0, 0.1) is 0 Å². The Bertz CT molecular complexity index is 990. The van der Waals surface area contributed by atoms with E-state index in [1.165, 1.54) is 16.0 Å². The maximum Gasteiger partial charge on any atom is 0.347 e. The number of ether oxygens (including phenoxy) is 1. The summed E-state index contributed by atoms with van der Waals surface area (Å²) in [6.07, 6.45) is 0. The number of esters is 1. The number of aromatic hydroxyl groups is 1. The van der Waals surface area contributed by atoms with Crippen LogP contribution < -0.4 is 5.56 Å². The van der Waals surface area contributed by atoms with Gasteiger partial charge in [0.2, 0.25) is 0 Å². The van der Waals surface area contributed by atoms with Gasteiger partial charge in [-0.05, 0) is 19.1 Å². The smallest absolute Gasteiger partial charge is 0.347 e. The van der Waals surface area contributed by atoms with E-state index in [2.05, 4.69) is 10.1 Å². The first-order valence-electron chi connectivity index (χ1n) is 8.27. The molecule has 136 valence electrons. The topological polar surface area (TPSA) is 94.3 Å². The van der Waals surface area contributed by atoms with Gasteiger partial charge in [-0.25, -0.2) is 14.5 Å². The summed E-state index contributed by atoms with van der Waals surface area (Å²) >= 11 is 1.45. The van der Waals surface area contributed by atoms with E-state index in [9.17, 15) is 14.7 Å². The molecule has 8 heteroatoms. The Kier molecular flexibility index (Phi) is 5.03. The monoisotopic (exact) mass is 373 g/mol. The van der Waals surface area contributed by atoms with Crippen LogP contribution in [0.2, 0.25) is 0 Å². The van der Waals surface area contributed by atoms with Gasteiger partial charge in [-0.3, -0.25) is 4.79 Å². The first-order valence-corrected chi connectivity index (χ1v) is 9.09. The molecule has 0 amide bonds. The molecule has 2 heterocycles. The van der Waals surface area contributed by atoms with Crippen molar-refractivity contribution in [3.05, 3.63) is 50.9 Å². The highest BCUT2D eigenvalue weighted by molar-refractivity contribution is 7.18. The normalized spacial score (nSPS) is 11.2. The number of thiazole rings is 1. The number of aromatic nitrogens is 3. The minimum absolute atomic E-state index is 0.106. The van der Waals surface area contributed by atoms with E-state index in [1.54, 1.807) is 6.92 Å². The molecule has 0 aliphatic carbocycles. The van der Waals surface area contributed by atoms with Crippen LogP contribution >= 0.6 is 11.3 Å². The van der Waals surface area contributed by atoms with E-state index in [0.29, 0.717) is 5.01 Å². The molecule has 7 nitrogen and oxygen atoms in total. The molecule has 0 atom stereocenters. The summed E-state index contributed by atoms with van der Waals surface area (Å²) in [5.41, 5.74) is 0.0408. The average molecular weight is 373 g/mol. The number of hydrogen-bond acceptors (Lipinski definition) is 7. The van der Waals surface area contributed by atoms with Crippen LogP contribution in [0.1, 0.15) is 47.7 Å². The summed E-state index contributed by atoms with van der Waals surface area (Å²) in [5.74, 6) is -1.44. The highest BCUT2D eigenvalue weighted by Crippen LogP contribution is 2.26. The average Bonchev–Trinajstić information content (AvgIpc) is 2.99. The zero-order valence-corrected chi connectivity index (χ0v) is 15.5. The number of carbonyl (C=O) groups is 1. The van der Waals surface area contributed by atoms with E-state index in [4.69, 9.17) is 4.74 Å². The Morgan fingerprint density at radius 2 is 2.08 bits per heavy atom. The van der Waals surface area contributed by atoms with Crippen LogP contribution in [0.15, 0.2) is 29.1 Å². The maximum atomic E-state index is 12.7. The van der Waals surface area contributed by atoms with Crippen molar-refractivity contribution in [3.63, 3.8) is 0 Å². The van der Waals surface area contributed by atoms with E-state index >= 15 is 0 Å². The largest absolute Gasteiger partial charge is 0.505 e. The van der Waals surface area contributed by atoms with Crippen molar-refractivity contribution in [3.8, 4) is 5.75 Å². The van der Waals surface area contributed by atoms with E-state index < -0.39 is 17.3 Å². The third-order valence-electron chi connectivity index (χ3n) is 3.81. The Morgan fingerprint density at radius 3 is 2.73 bits per heavy atom. The number of hydrogen-bond donors (Lipinski definition) is 1. The first kappa shape index (κ1) is 18.1. The summed E-state index contributed by atoms with van der Waals surface area (Å²) in [4.78, 5) is 29.4. The second-order valence-electron chi connectivity index (χ2n) is 6.02. The Morgan fingerprint density at radius 1 is 1.35 bits per heavy atom. The summed E-state index contributed by atoms with van der Waals surface area (Å²) in [6, 6.07) is 7.66. The molecule has 1 N–H and O–H groups in total. The van der Waals surface area contributed by atoms with Crippen LogP contribution in [0.25, 0.3) is 10.2 Å². The second kappa shape index (κ2) is 7.25. The van der Waals surface area contributed by atoms with Gasteiger partial charge in [-0.1, -0.05) is 26.0 Å². The van der Waals surface area contributed by atoms with Gasteiger partial charge in [0.05, 0.1) is 23.4 Å². The van der Waals surface area contributed by atoms with Crippen molar-refractivity contribution in [2.75, 3.05) is 6.61 Å². The zero-order valence-electron chi connectivity index (χ0n) is 14.7. The third kappa shape index (κ3) is 3.32. The summed E-state index contributed by atoms with van der Waals surface area (Å²) in [5, 5.41) is 15.3. The summed E-state index contributed by atoms with van der Waals surface area (Å²) in [6.45, 7) is 5.51. The van der Waals surface area contributed by atoms with Crippen LogP contribution in [0.5, 0.6) is 5.75 Å². The van der Waals surface area contributed by atoms with Gasteiger partial charge in [0, 0.05) is 5.92 Å². The number of benzene rings is 1. The fourth-order valence-corrected chi connectivity index (χ4v) is 3.53. The van der Waals surface area contributed by atoms with E-state index in [0.717, 1.165) is 10.2 Å². The number of para-hydroxylation sites is 1. The molecule has 2 aromatic heterocycles. The molecule has 0 aliphatic rings. The maximum absolute atomic E-state index is 12.7. The lowest BCUT2D eigenvalue weighted by molar-refractivity contribution is 0.0519. The number of nitrogens with zero attached hydrogens (tertiary/aromatic N) is 3. The molecule has 3 rings (SSSR count). The minimum atomic E-state index is -0.850. The lowest BCUT2D eigenvalue weighted by Crippen LogP contribution is -2.31. The van der Waals surface area contributed by atoms with Crippen LogP contribution in [0.4, 0.5) is 0 Å². The van der Waals surface area contributed by atoms with Gasteiger partial charge in [-0.15, -0.1) is 11.3 Å². The van der Waals surface area contributed by atoms with Crippen molar-refractivity contribution in [1.82, 2.24) is 14.8 Å². The molecule has 0 fully saturated rings. The third-order valence-corrected chi connectivity index (χ3v) is 4.83. The molecule has 0 radical (unpaired) electrons. The molecule has 0 saturated heterocycles. The van der Waals surface area contributed by atoms with Gasteiger partial charge in [0.15, 0.2) is 11.3 Å². The van der Waals surface area contributed by atoms with E-state index in [-0.39, 0.29) is 30.3 Å². The molecule has 3 aromatic rings. The van der Waals surface area contributed by atoms with Crippen molar-refractivity contribution in [2.24, 2.45) is 0 Å². The summed E-state index contributed by atoms with van der Waals surface area (Å²) in [7, 11) is 0. The van der Waals surface area contributed by atoms with Crippen LogP contribution in [0.3, 0.4) is 0 Å². The lowest BCUT2D eigenvalue weighted by atomic mass is 10.1. The molecule has 1 aromatic carbocycles. The highest BCUT2D eigenvalue weighted by atomic mass is 32.1. The fraction of sp³-hybridized carbons (Fsp3) is 0.333. The van der Waals surface area contributed by atoms with Crippen molar-refractivity contribution < 1.29 is 14.6 Å². The van der Waals surface area contributed by atoms with Crippen molar-refractivity contribution >= 4 is 27.5 Å². The highest BCUT2D eigenvalue weighted by Gasteiger charge is 2.25. The SMILES string of the molecule is CCOC(=O)c1c(O)c(C(C)C)nn(Cc2nc3ccccc3s2)c1=O. The van der Waals surface area contributed by atoms with Gasteiger partial charge < -0.3 is 9.84 Å². The van der Waals surface area contributed by atoms with Crippen LogP contribution in [-0.4, -0.2) is 32.4 Å². The molecule has 0 aliphatic heterocycles. The van der Waals surface area contributed by atoms with Crippen molar-refractivity contribution in [2.45, 2.75) is 33.2 Å². The molecule has 0 unspecified atom stereocenters. The molecular formula is C18H19N3O4S.